The predicted octanol–water partition coefficient (Wildman–Crippen LogP) is 1.71. The van der Waals surface area contributed by atoms with Gasteiger partial charge in [-0.15, -0.1) is 13.2 Å². The van der Waals surface area contributed by atoms with Crippen LogP contribution in [0.5, 0.6) is 0 Å². The Hall–Kier alpha value is -1.09. The molecule has 0 saturated carbocycles. The second-order valence-corrected chi connectivity index (χ2v) is 3.48. The van der Waals surface area contributed by atoms with Crippen molar-refractivity contribution < 1.29 is 4.79 Å². The van der Waals surface area contributed by atoms with Crippen molar-refractivity contribution in [3.8, 4) is 0 Å². The first kappa shape index (κ1) is 13.9. The van der Waals surface area contributed by atoms with E-state index in [0.717, 1.165) is 19.3 Å². The number of hydrogen-bond donors (Lipinski definition) is 1. The smallest absolute Gasteiger partial charge is 0.223 e. The van der Waals surface area contributed by atoms with E-state index >= 15 is 0 Å². The number of rotatable bonds is 9. The summed E-state index contributed by atoms with van der Waals surface area (Å²) < 4.78 is 0. The van der Waals surface area contributed by atoms with Gasteiger partial charge >= 0.3 is 0 Å². The standard InChI is InChI=1S/C12H22N2O/c1-3-10-14(11-4-2)12(15)8-6-5-7-9-13/h3-4H,1-2,5-11,13H2. The third-order valence-corrected chi connectivity index (χ3v) is 2.15. The zero-order valence-electron chi connectivity index (χ0n) is 9.45. The second kappa shape index (κ2) is 9.46. The molecule has 0 rings (SSSR count). The highest BCUT2D eigenvalue weighted by Crippen LogP contribution is 2.03. The molecule has 0 spiro atoms. The third kappa shape index (κ3) is 6.91. The highest BCUT2D eigenvalue weighted by molar-refractivity contribution is 5.76. The Morgan fingerprint density at radius 1 is 1.13 bits per heavy atom. The van der Waals surface area contributed by atoms with E-state index in [1.165, 1.54) is 0 Å². The summed E-state index contributed by atoms with van der Waals surface area (Å²) in [4.78, 5) is 13.4. The summed E-state index contributed by atoms with van der Waals surface area (Å²) in [6.45, 7) is 9.16. The lowest BCUT2D eigenvalue weighted by molar-refractivity contribution is -0.130. The van der Waals surface area contributed by atoms with Gasteiger partial charge in [-0.25, -0.2) is 0 Å². The van der Waals surface area contributed by atoms with Crippen LogP contribution in [-0.2, 0) is 4.79 Å². The van der Waals surface area contributed by atoms with E-state index in [9.17, 15) is 4.79 Å². The topological polar surface area (TPSA) is 46.3 Å². The van der Waals surface area contributed by atoms with Crippen LogP contribution in [0.3, 0.4) is 0 Å². The van der Waals surface area contributed by atoms with Gasteiger partial charge in [0, 0.05) is 19.5 Å². The van der Waals surface area contributed by atoms with Crippen molar-refractivity contribution in [2.24, 2.45) is 5.73 Å². The third-order valence-electron chi connectivity index (χ3n) is 2.15. The van der Waals surface area contributed by atoms with E-state index in [0.29, 0.717) is 26.1 Å². The lowest BCUT2D eigenvalue weighted by Crippen LogP contribution is -2.31. The highest BCUT2D eigenvalue weighted by atomic mass is 16.2. The Morgan fingerprint density at radius 2 is 1.73 bits per heavy atom. The molecule has 0 atom stereocenters. The first-order chi connectivity index (χ1) is 7.26. The Balaban J connectivity index is 3.80. The molecule has 0 aliphatic carbocycles. The minimum Gasteiger partial charge on any atom is -0.335 e. The van der Waals surface area contributed by atoms with Gasteiger partial charge in [-0.05, 0) is 19.4 Å². The van der Waals surface area contributed by atoms with E-state index in [-0.39, 0.29) is 5.91 Å². The monoisotopic (exact) mass is 210 g/mol. The van der Waals surface area contributed by atoms with E-state index in [4.69, 9.17) is 5.73 Å². The lowest BCUT2D eigenvalue weighted by Gasteiger charge is -2.19. The SMILES string of the molecule is C=CCN(CC=C)C(=O)CCCCCN. The van der Waals surface area contributed by atoms with Gasteiger partial charge < -0.3 is 10.6 Å². The molecule has 3 heteroatoms. The normalized spacial score (nSPS) is 9.67. The van der Waals surface area contributed by atoms with Crippen LogP contribution < -0.4 is 5.73 Å². The van der Waals surface area contributed by atoms with Crippen molar-refractivity contribution in [1.82, 2.24) is 4.90 Å². The van der Waals surface area contributed by atoms with Crippen molar-refractivity contribution in [2.75, 3.05) is 19.6 Å². The fraction of sp³-hybridized carbons (Fsp3) is 0.583. The van der Waals surface area contributed by atoms with Gasteiger partial charge in [-0.2, -0.15) is 0 Å². The van der Waals surface area contributed by atoms with Crippen LogP contribution in [0.4, 0.5) is 0 Å². The van der Waals surface area contributed by atoms with Crippen LogP contribution in [0.2, 0.25) is 0 Å². The Morgan fingerprint density at radius 3 is 2.20 bits per heavy atom. The van der Waals surface area contributed by atoms with Crippen molar-refractivity contribution >= 4 is 5.91 Å². The summed E-state index contributed by atoms with van der Waals surface area (Å²) in [6.07, 6.45) is 7.01. The molecule has 1 amide bonds. The molecule has 0 saturated heterocycles. The molecule has 3 nitrogen and oxygen atoms in total. The van der Waals surface area contributed by atoms with Crippen LogP contribution in [0.15, 0.2) is 25.3 Å². The number of hydrogen-bond acceptors (Lipinski definition) is 2. The molecular weight excluding hydrogens is 188 g/mol. The molecule has 0 radical (unpaired) electrons. The first-order valence-electron chi connectivity index (χ1n) is 5.45. The van der Waals surface area contributed by atoms with Gasteiger partial charge in [0.15, 0.2) is 0 Å². The lowest BCUT2D eigenvalue weighted by atomic mass is 10.2. The molecule has 0 aliphatic rings. The maximum absolute atomic E-state index is 11.7. The maximum atomic E-state index is 11.7. The largest absolute Gasteiger partial charge is 0.335 e. The van der Waals surface area contributed by atoms with Gasteiger partial charge in [0.1, 0.15) is 0 Å². The highest BCUT2D eigenvalue weighted by Gasteiger charge is 2.09. The van der Waals surface area contributed by atoms with E-state index in [1.807, 2.05) is 0 Å². The number of carbonyl (C=O) groups excluding carboxylic acids is 1. The van der Waals surface area contributed by atoms with Crippen molar-refractivity contribution in [3.05, 3.63) is 25.3 Å². The molecule has 0 fully saturated rings. The summed E-state index contributed by atoms with van der Waals surface area (Å²) in [5.74, 6) is 0.173. The van der Waals surface area contributed by atoms with Gasteiger partial charge in [0.25, 0.3) is 0 Å². The molecule has 0 aromatic rings. The maximum Gasteiger partial charge on any atom is 0.223 e. The summed E-state index contributed by atoms with van der Waals surface area (Å²) >= 11 is 0. The Labute approximate surface area is 92.6 Å². The van der Waals surface area contributed by atoms with Crippen molar-refractivity contribution in [3.63, 3.8) is 0 Å². The van der Waals surface area contributed by atoms with Crippen LogP contribution in [-0.4, -0.2) is 30.4 Å². The minimum absolute atomic E-state index is 0.173. The molecule has 0 aliphatic heterocycles. The fourth-order valence-electron chi connectivity index (χ4n) is 1.35. The van der Waals surface area contributed by atoms with Crippen LogP contribution in [0, 0.1) is 0 Å². The number of unbranched alkanes of at least 4 members (excludes halogenated alkanes) is 2. The summed E-state index contributed by atoms with van der Waals surface area (Å²) in [5, 5.41) is 0. The Bertz CT molecular complexity index is 192. The van der Waals surface area contributed by atoms with Crippen molar-refractivity contribution in [1.29, 1.82) is 0 Å². The van der Waals surface area contributed by atoms with Crippen LogP contribution in [0.1, 0.15) is 25.7 Å². The van der Waals surface area contributed by atoms with Gasteiger partial charge in [-0.3, -0.25) is 4.79 Å². The molecule has 0 aromatic carbocycles. The number of nitrogens with two attached hydrogens (primary N) is 1. The van der Waals surface area contributed by atoms with E-state index < -0.39 is 0 Å². The number of nitrogens with zero attached hydrogens (tertiary/aromatic N) is 1. The molecule has 0 aromatic heterocycles. The van der Waals surface area contributed by atoms with E-state index in [1.54, 1.807) is 17.1 Å². The molecule has 86 valence electrons. The van der Waals surface area contributed by atoms with Crippen LogP contribution in [0.25, 0.3) is 0 Å². The van der Waals surface area contributed by atoms with Gasteiger partial charge in [0.2, 0.25) is 5.91 Å². The number of carbonyl (C=O) groups is 1. The Kier molecular flexibility index (Phi) is 8.78. The molecular formula is C12H22N2O. The van der Waals surface area contributed by atoms with Gasteiger partial charge in [-0.1, -0.05) is 18.6 Å². The fourth-order valence-corrected chi connectivity index (χ4v) is 1.35. The quantitative estimate of drug-likeness (QED) is 0.465. The summed E-state index contributed by atoms with van der Waals surface area (Å²) in [6, 6.07) is 0. The predicted molar refractivity (Wildman–Crippen MR) is 64.5 cm³/mol. The summed E-state index contributed by atoms with van der Waals surface area (Å²) in [5.41, 5.74) is 5.38. The second-order valence-electron chi connectivity index (χ2n) is 3.48. The van der Waals surface area contributed by atoms with E-state index in [2.05, 4.69) is 13.2 Å². The van der Waals surface area contributed by atoms with Crippen LogP contribution >= 0.6 is 0 Å². The van der Waals surface area contributed by atoms with Gasteiger partial charge in [0.05, 0.1) is 0 Å². The molecule has 0 bridgehead atoms. The molecule has 0 heterocycles. The first-order valence-corrected chi connectivity index (χ1v) is 5.45. The average Bonchev–Trinajstić information content (AvgIpc) is 2.24. The zero-order chi connectivity index (χ0) is 11.5. The minimum atomic E-state index is 0.173. The average molecular weight is 210 g/mol. The van der Waals surface area contributed by atoms with Crippen molar-refractivity contribution in [2.45, 2.75) is 25.7 Å². The summed E-state index contributed by atoms with van der Waals surface area (Å²) in [7, 11) is 0. The number of amides is 1. The molecule has 15 heavy (non-hydrogen) atoms. The molecule has 0 unspecified atom stereocenters. The zero-order valence-corrected chi connectivity index (χ0v) is 9.45. The molecule has 2 N–H and O–H groups in total.